The Labute approximate surface area is 98.9 Å². The second-order valence-electron chi connectivity index (χ2n) is 4.59. The van der Waals surface area contributed by atoms with Crippen molar-refractivity contribution in [2.45, 2.75) is 46.1 Å². The highest BCUT2D eigenvalue weighted by atomic mass is 16.3. The molecule has 0 fully saturated rings. The Balaban J connectivity index is 3.03. The molecule has 0 bridgehead atoms. The van der Waals surface area contributed by atoms with Crippen LogP contribution >= 0.6 is 0 Å². The van der Waals surface area contributed by atoms with Gasteiger partial charge < -0.3 is 10.0 Å². The third-order valence-corrected chi connectivity index (χ3v) is 3.03. The molecule has 0 aromatic heterocycles. The van der Waals surface area contributed by atoms with Gasteiger partial charge in [0.1, 0.15) is 5.75 Å². The van der Waals surface area contributed by atoms with E-state index >= 15 is 0 Å². The van der Waals surface area contributed by atoms with Crippen molar-refractivity contribution in [2.24, 2.45) is 0 Å². The third-order valence-electron chi connectivity index (χ3n) is 3.03. The second-order valence-corrected chi connectivity index (χ2v) is 4.59. The van der Waals surface area contributed by atoms with E-state index in [1.165, 1.54) is 18.4 Å². The monoisotopic (exact) mass is 221 g/mol. The quantitative estimate of drug-likeness (QED) is 0.821. The van der Waals surface area contributed by atoms with Crippen molar-refractivity contribution >= 4 is 5.69 Å². The number of para-hydroxylation sites is 1. The summed E-state index contributed by atoms with van der Waals surface area (Å²) in [5, 5.41) is 9.97. The summed E-state index contributed by atoms with van der Waals surface area (Å²) in [6.45, 7) is 6.46. The maximum absolute atomic E-state index is 9.97. The van der Waals surface area contributed by atoms with Crippen molar-refractivity contribution in [2.75, 3.05) is 11.9 Å². The summed E-state index contributed by atoms with van der Waals surface area (Å²) in [4.78, 5) is 2.14. The van der Waals surface area contributed by atoms with Crippen LogP contribution in [0.15, 0.2) is 18.2 Å². The first-order chi connectivity index (χ1) is 7.57. The molecule has 1 aromatic carbocycles. The van der Waals surface area contributed by atoms with E-state index in [0.717, 1.165) is 12.1 Å². The summed E-state index contributed by atoms with van der Waals surface area (Å²) in [5.41, 5.74) is 2.24. The van der Waals surface area contributed by atoms with E-state index in [9.17, 15) is 5.11 Å². The van der Waals surface area contributed by atoms with Crippen LogP contribution in [0.2, 0.25) is 0 Å². The van der Waals surface area contributed by atoms with Crippen LogP contribution in [0.25, 0.3) is 0 Å². The first-order valence-corrected chi connectivity index (χ1v) is 6.11. The minimum absolute atomic E-state index is 0.393. The molecule has 0 aliphatic carbocycles. The SMILES string of the molecule is CCCCc1cccc(O)c1N(C)C(C)C. The first-order valence-electron chi connectivity index (χ1n) is 6.11. The molecule has 1 rings (SSSR count). The van der Waals surface area contributed by atoms with Crippen LogP contribution in [0.3, 0.4) is 0 Å². The van der Waals surface area contributed by atoms with Crippen molar-refractivity contribution in [1.29, 1.82) is 0 Å². The number of hydrogen-bond acceptors (Lipinski definition) is 2. The molecule has 0 spiro atoms. The van der Waals surface area contributed by atoms with Crippen LogP contribution in [0.4, 0.5) is 5.69 Å². The van der Waals surface area contributed by atoms with Gasteiger partial charge >= 0.3 is 0 Å². The van der Waals surface area contributed by atoms with Crippen molar-refractivity contribution in [3.05, 3.63) is 23.8 Å². The molecular weight excluding hydrogens is 198 g/mol. The standard InChI is InChI=1S/C14H23NO/c1-5-6-8-12-9-7-10-13(16)14(12)15(4)11(2)3/h7,9-11,16H,5-6,8H2,1-4H3. The molecule has 0 saturated heterocycles. The zero-order chi connectivity index (χ0) is 12.1. The van der Waals surface area contributed by atoms with E-state index in [1.807, 2.05) is 13.1 Å². The number of phenols is 1. The smallest absolute Gasteiger partial charge is 0.139 e. The lowest BCUT2D eigenvalue weighted by Gasteiger charge is -2.27. The number of aromatic hydroxyl groups is 1. The van der Waals surface area contributed by atoms with Crippen LogP contribution in [0.5, 0.6) is 5.75 Å². The predicted molar refractivity (Wildman–Crippen MR) is 70.3 cm³/mol. The molecule has 0 amide bonds. The van der Waals surface area contributed by atoms with Crippen LogP contribution in [-0.2, 0) is 6.42 Å². The Morgan fingerprint density at radius 1 is 1.31 bits per heavy atom. The van der Waals surface area contributed by atoms with Gasteiger partial charge in [0.15, 0.2) is 0 Å². The highest BCUT2D eigenvalue weighted by molar-refractivity contribution is 5.63. The maximum Gasteiger partial charge on any atom is 0.139 e. The van der Waals surface area contributed by atoms with E-state index in [2.05, 4.69) is 31.7 Å². The fourth-order valence-corrected chi connectivity index (χ4v) is 1.81. The van der Waals surface area contributed by atoms with Crippen LogP contribution in [-0.4, -0.2) is 18.2 Å². The zero-order valence-corrected chi connectivity index (χ0v) is 10.8. The van der Waals surface area contributed by atoms with Gasteiger partial charge in [0.05, 0.1) is 5.69 Å². The van der Waals surface area contributed by atoms with E-state index < -0.39 is 0 Å². The van der Waals surface area contributed by atoms with Crippen LogP contribution < -0.4 is 4.90 Å². The van der Waals surface area contributed by atoms with Gasteiger partial charge in [-0.25, -0.2) is 0 Å². The lowest BCUT2D eigenvalue weighted by molar-refractivity contribution is 0.472. The minimum atomic E-state index is 0.393. The molecule has 0 unspecified atom stereocenters. The van der Waals surface area contributed by atoms with Gasteiger partial charge in [-0.05, 0) is 38.3 Å². The average Bonchev–Trinajstić information content (AvgIpc) is 2.25. The van der Waals surface area contributed by atoms with Crippen molar-refractivity contribution in [1.82, 2.24) is 0 Å². The number of aryl methyl sites for hydroxylation is 1. The molecule has 0 heterocycles. The Morgan fingerprint density at radius 2 is 2.00 bits per heavy atom. The molecule has 0 radical (unpaired) electrons. The Kier molecular flexibility index (Phi) is 4.66. The molecule has 1 aromatic rings. The molecule has 0 aliphatic heterocycles. The van der Waals surface area contributed by atoms with Crippen molar-refractivity contribution < 1.29 is 5.11 Å². The second kappa shape index (κ2) is 5.78. The Hall–Kier alpha value is -1.18. The molecule has 1 N–H and O–H groups in total. The Bertz CT molecular complexity index is 334. The van der Waals surface area contributed by atoms with Gasteiger partial charge in [0.2, 0.25) is 0 Å². The summed E-state index contributed by atoms with van der Waals surface area (Å²) >= 11 is 0. The summed E-state index contributed by atoms with van der Waals surface area (Å²) in [7, 11) is 2.04. The number of phenolic OH excluding ortho intramolecular Hbond substituents is 1. The largest absolute Gasteiger partial charge is 0.506 e. The number of hydrogen-bond donors (Lipinski definition) is 1. The molecule has 2 nitrogen and oxygen atoms in total. The van der Waals surface area contributed by atoms with Crippen molar-refractivity contribution in [3.63, 3.8) is 0 Å². The molecule has 2 heteroatoms. The predicted octanol–water partition coefficient (Wildman–Crippen LogP) is 3.58. The van der Waals surface area contributed by atoms with Crippen LogP contribution in [0, 0.1) is 0 Å². The topological polar surface area (TPSA) is 23.5 Å². The maximum atomic E-state index is 9.97. The van der Waals surface area contributed by atoms with Crippen LogP contribution in [0.1, 0.15) is 39.2 Å². The molecule has 0 saturated carbocycles. The van der Waals surface area contributed by atoms with Gasteiger partial charge in [-0.2, -0.15) is 0 Å². The molecule has 0 aliphatic rings. The number of rotatable bonds is 5. The fourth-order valence-electron chi connectivity index (χ4n) is 1.81. The normalized spacial score (nSPS) is 10.8. The van der Waals surface area contributed by atoms with Gasteiger partial charge in [-0.15, -0.1) is 0 Å². The zero-order valence-electron chi connectivity index (χ0n) is 10.8. The van der Waals surface area contributed by atoms with E-state index in [1.54, 1.807) is 6.07 Å². The van der Waals surface area contributed by atoms with Gasteiger partial charge in [-0.1, -0.05) is 25.5 Å². The number of anilines is 1. The average molecular weight is 221 g/mol. The van der Waals surface area contributed by atoms with E-state index in [4.69, 9.17) is 0 Å². The summed E-state index contributed by atoms with van der Waals surface area (Å²) in [6.07, 6.45) is 3.39. The highest BCUT2D eigenvalue weighted by Crippen LogP contribution is 2.32. The van der Waals surface area contributed by atoms with Gasteiger partial charge in [0, 0.05) is 13.1 Å². The lowest BCUT2D eigenvalue weighted by Crippen LogP contribution is -2.26. The number of benzene rings is 1. The summed E-state index contributed by atoms with van der Waals surface area (Å²) < 4.78 is 0. The minimum Gasteiger partial charge on any atom is -0.506 e. The van der Waals surface area contributed by atoms with E-state index in [-0.39, 0.29) is 0 Å². The van der Waals surface area contributed by atoms with Gasteiger partial charge in [0.25, 0.3) is 0 Å². The molecule has 0 atom stereocenters. The van der Waals surface area contributed by atoms with Gasteiger partial charge in [-0.3, -0.25) is 0 Å². The summed E-state index contributed by atoms with van der Waals surface area (Å²) in [5.74, 6) is 0.393. The van der Waals surface area contributed by atoms with Crippen molar-refractivity contribution in [3.8, 4) is 5.75 Å². The number of unbranched alkanes of at least 4 members (excludes halogenated alkanes) is 1. The highest BCUT2D eigenvalue weighted by Gasteiger charge is 2.13. The molecule has 16 heavy (non-hydrogen) atoms. The summed E-state index contributed by atoms with van der Waals surface area (Å²) in [6, 6.07) is 6.21. The number of nitrogens with zero attached hydrogens (tertiary/aromatic N) is 1. The fraction of sp³-hybridized carbons (Fsp3) is 0.571. The van der Waals surface area contributed by atoms with E-state index in [0.29, 0.717) is 11.8 Å². The molecule has 90 valence electrons. The lowest BCUT2D eigenvalue weighted by atomic mass is 10.0. The first kappa shape index (κ1) is 12.9. The third kappa shape index (κ3) is 2.91. The Morgan fingerprint density at radius 3 is 2.56 bits per heavy atom. The molecular formula is C14H23NO.